The first-order chi connectivity index (χ1) is 14.1. The van der Waals surface area contributed by atoms with Gasteiger partial charge in [0.2, 0.25) is 5.89 Å². The molecule has 0 saturated heterocycles. The molecule has 0 amide bonds. The predicted molar refractivity (Wildman–Crippen MR) is 111 cm³/mol. The average Bonchev–Trinajstić information content (AvgIpc) is 3.17. The Morgan fingerprint density at radius 2 is 1.62 bits per heavy atom. The van der Waals surface area contributed by atoms with Gasteiger partial charge in [0.15, 0.2) is 12.2 Å². The van der Waals surface area contributed by atoms with Crippen LogP contribution in [-0.4, -0.2) is 19.9 Å². The van der Waals surface area contributed by atoms with E-state index >= 15 is 0 Å². The van der Waals surface area contributed by atoms with Crippen LogP contribution in [-0.2, 0) is 16.6 Å². The van der Waals surface area contributed by atoms with E-state index in [-0.39, 0.29) is 11.5 Å². The molecule has 0 bridgehead atoms. The van der Waals surface area contributed by atoms with Crippen LogP contribution in [0.15, 0.2) is 88.2 Å². The summed E-state index contributed by atoms with van der Waals surface area (Å²) in [7, 11) is -3.66. The Hall–Kier alpha value is -3.32. The predicted octanol–water partition coefficient (Wildman–Crippen LogP) is 4.62. The van der Waals surface area contributed by atoms with Gasteiger partial charge in [-0.15, -0.1) is 0 Å². The molecule has 0 aliphatic rings. The average molecular weight is 408 g/mol. The zero-order chi connectivity index (χ0) is 20.3. The summed E-state index contributed by atoms with van der Waals surface area (Å²) in [6.07, 6.45) is 0. The number of hydrogen-bond donors (Lipinski definition) is 0. The van der Waals surface area contributed by atoms with Gasteiger partial charge in [0.05, 0.1) is 10.6 Å². The third-order valence-electron chi connectivity index (χ3n) is 4.44. The van der Waals surface area contributed by atoms with Crippen molar-refractivity contribution in [2.24, 2.45) is 0 Å². The number of nitrogens with zero attached hydrogens (tertiary/aromatic N) is 2. The quantitative estimate of drug-likeness (QED) is 0.446. The zero-order valence-electron chi connectivity index (χ0n) is 15.9. The maximum Gasteiger partial charge on any atom is 0.264 e. The van der Waals surface area contributed by atoms with Crippen molar-refractivity contribution >= 4 is 26.8 Å². The number of rotatable bonds is 7. The third-order valence-corrected chi connectivity index (χ3v) is 6.36. The van der Waals surface area contributed by atoms with Gasteiger partial charge in [0, 0.05) is 6.54 Å². The number of oxazole rings is 1. The first-order valence-electron chi connectivity index (χ1n) is 9.23. The molecule has 0 atom stereocenters. The summed E-state index contributed by atoms with van der Waals surface area (Å²) in [6.45, 7) is 2.30. The molecule has 0 aliphatic carbocycles. The highest BCUT2D eigenvalue weighted by Crippen LogP contribution is 2.25. The summed E-state index contributed by atoms with van der Waals surface area (Å²) < 4.78 is 38.7. The number of benzene rings is 3. The van der Waals surface area contributed by atoms with Crippen LogP contribution in [0.2, 0.25) is 0 Å². The molecule has 0 fully saturated rings. The van der Waals surface area contributed by atoms with Gasteiger partial charge in [-0.3, -0.25) is 4.31 Å². The molecule has 6 nitrogen and oxygen atoms in total. The molecule has 148 valence electrons. The second-order valence-electron chi connectivity index (χ2n) is 6.34. The summed E-state index contributed by atoms with van der Waals surface area (Å²) in [4.78, 5) is 4.56. The Morgan fingerprint density at radius 3 is 2.31 bits per heavy atom. The summed E-state index contributed by atoms with van der Waals surface area (Å²) in [5, 5.41) is 0. The van der Waals surface area contributed by atoms with Crippen molar-refractivity contribution < 1.29 is 17.6 Å². The third kappa shape index (κ3) is 3.95. The van der Waals surface area contributed by atoms with E-state index in [1.165, 1.54) is 4.31 Å². The van der Waals surface area contributed by atoms with Gasteiger partial charge in [-0.05, 0) is 55.5 Å². The Morgan fingerprint density at radius 1 is 0.931 bits per heavy atom. The molecule has 7 heteroatoms. The van der Waals surface area contributed by atoms with Crippen LogP contribution in [0, 0.1) is 0 Å². The molecule has 0 aliphatic heterocycles. The Balaban J connectivity index is 1.49. The van der Waals surface area contributed by atoms with Crippen molar-refractivity contribution in [2.75, 3.05) is 10.8 Å². The first-order valence-corrected chi connectivity index (χ1v) is 10.7. The summed E-state index contributed by atoms with van der Waals surface area (Å²) >= 11 is 0. The molecule has 1 heterocycles. The number of anilines is 1. The number of para-hydroxylation sites is 3. The zero-order valence-corrected chi connectivity index (χ0v) is 16.7. The van der Waals surface area contributed by atoms with E-state index in [0.29, 0.717) is 29.5 Å². The fourth-order valence-corrected chi connectivity index (χ4v) is 4.52. The highest BCUT2D eigenvalue weighted by molar-refractivity contribution is 7.92. The minimum Gasteiger partial charge on any atom is -0.484 e. The fraction of sp³-hybridized carbons (Fsp3) is 0.136. The second-order valence-corrected chi connectivity index (χ2v) is 8.20. The molecule has 0 spiro atoms. The SMILES string of the molecule is CCN(c1ccccc1)S(=O)(=O)c1ccc(OCc2nc3ccccc3o2)cc1. The van der Waals surface area contributed by atoms with Crippen molar-refractivity contribution in [2.45, 2.75) is 18.4 Å². The molecule has 29 heavy (non-hydrogen) atoms. The van der Waals surface area contributed by atoms with Gasteiger partial charge in [0.1, 0.15) is 11.3 Å². The monoisotopic (exact) mass is 408 g/mol. The van der Waals surface area contributed by atoms with E-state index in [0.717, 1.165) is 5.52 Å². The first kappa shape index (κ1) is 19.0. The molecular formula is C22H20N2O4S. The summed E-state index contributed by atoms with van der Waals surface area (Å²) in [5.74, 6) is 0.998. The van der Waals surface area contributed by atoms with Crippen LogP contribution < -0.4 is 9.04 Å². The number of ether oxygens (including phenoxy) is 1. The van der Waals surface area contributed by atoms with Gasteiger partial charge in [0.25, 0.3) is 10.0 Å². The van der Waals surface area contributed by atoms with Gasteiger partial charge < -0.3 is 9.15 Å². The van der Waals surface area contributed by atoms with Gasteiger partial charge >= 0.3 is 0 Å². The van der Waals surface area contributed by atoms with Crippen LogP contribution in [0.1, 0.15) is 12.8 Å². The molecule has 4 aromatic rings. The van der Waals surface area contributed by atoms with Crippen LogP contribution in [0.5, 0.6) is 5.75 Å². The lowest BCUT2D eigenvalue weighted by Crippen LogP contribution is -2.30. The van der Waals surface area contributed by atoms with Crippen molar-refractivity contribution in [3.05, 3.63) is 84.8 Å². The van der Waals surface area contributed by atoms with Crippen molar-refractivity contribution in [3.8, 4) is 5.75 Å². The number of hydrogen-bond acceptors (Lipinski definition) is 5. The lowest BCUT2D eigenvalue weighted by Gasteiger charge is -2.23. The molecule has 0 N–H and O–H groups in total. The van der Waals surface area contributed by atoms with Gasteiger partial charge in [-0.2, -0.15) is 0 Å². The normalized spacial score (nSPS) is 11.5. The lowest BCUT2D eigenvalue weighted by atomic mass is 10.3. The fourth-order valence-electron chi connectivity index (χ4n) is 3.05. The molecule has 0 saturated carbocycles. The number of sulfonamides is 1. The van der Waals surface area contributed by atoms with E-state index in [2.05, 4.69) is 4.98 Å². The molecule has 0 radical (unpaired) electrons. The minimum absolute atomic E-state index is 0.159. The van der Waals surface area contributed by atoms with Crippen LogP contribution >= 0.6 is 0 Å². The maximum atomic E-state index is 13.0. The number of aromatic nitrogens is 1. The largest absolute Gasteiger partial charge is 0.484 e. The van der Waals surface area contributed by atoms with E-state index in [4.69, 9.17) is 9.15 Å². The highest BCUT2D eigenvalue weighted by Gasteiger charge is 2.23. The molecule has 0 unspecified atom stereocenters. The molecule has 3 aromatic carbocycles. The molecule has 4 rings (SSSR count). The molecule has 1 aromatic heterocycles. The molecular weight excluding hydrogens is 388 g/mol. The van der Waals surface area contributed by atoms with Crippen LogP contribution in [0.3, 0.4) is 0 Å². The van der Waals surface area contributed by atoms with Crippen LogP contribution in [0.4, 0.5) is 5.69 Å². The van der Waals surface area contributed by atoms with Gasteiger partial charge in [-0.1, -0.05) is 30.3 Å². The Kier molecular flexibility index (Phi) is 5.22. The van der Waals surface area contributed by atoms with Crippen molar-refractivity contribution in [3.63, 3.8) is 0 Å². The van der Waals surface area contributed by atoms with Gasteiger partial charge in [-0.25, -0.2) is 13.4 Å². The summed E-state index contributed by atoms with van der Waals surface area (Å²) in [6, 6.07) is 22.9. The van der Waals surface area contributed by atoms with E-state index in [1.54, 1.807) is 36.4 Å². The maximum absolute atomic E-state index is 13.0. The topological polar surface area (TPSA) is 72.6 Å². The Bertz CT molecular complexity index is 1170. The highest BCUT2D eigenvalue weighted by atomic mass is 32.2. The van der Waals surface area contributed by atoms with E-state index < -0.39 is 10.0 Å². The smallest absolute Gasteiger partial charge is 0.264 e. The van der Waals surface area contributed by atoms with Crippen molar-refractivity contribution in [1.82, 2.24) is 4.98 Å². The van der Waals surface area contributed by atoms with Crippen LogP contribution in [0.25, 0.3) is 11.1 Å². The van der Waals surface area contributed by atoms with E-state index in [1.807, 2.05) is 49.4 Å². The van der Waals surface area contributed by atoms with Crippen molar-refractivity contribution in [1.29, 1.82) is 0 Å². The van der Waals surface area contributed by atoms with E-state index in [9.17, 15) is 8.42 Å². The minimum atomic E-state index is -3.66. The standard InChI is InChI=1S/C22H20N2O4S/c1-2-24(17-8-4-3-5-9-17)29(25,26)19-14-12-18(13-15-19)27-16-22-23-20-10-6-7-11-21(20)28-22/h3-15H,2,16H2,1H3. The second kappa shape index (κ2) is 7.97. The lowest BCUT2D eigenvalue weighted by molar-refractivity contribution is 0.267. The summed E-state index contributed by atoms with van der Waals surface area (Å²) in [5.41, 5.74) is 2.10. The Labute approximate surface area is 169 Å². The number of fused-ring (bicyclic) bond motifs is 1.